The lowest BCUT2D eigenvalue weighted by Gasteiger charge is -2.18. The summed E-state index contributed by atoms with van der Waals surface area (Å²) in [6, 6.07) is 5.81. The molecule has 3 N–H and O–H groups in total. The molecule has 1 unspecified atom stereocenters. The maximum atomic E-state index is 10.0. The number of imidazole rings is 1. The molecule has 0 spiro atoms. The Labute approximate surface area is 119 Å². The first-order valence-corrected chi connectivity index (χ1v) is 7.48. The van der Waals surface area contributed by atoms with E-state index in [1.54, 1.807) is 6.92 Å². The van der Waals surface area contributed by atoms with Crippen LogP contribution in [0, 0.1) is 5.41 Å². The van der Waals surface area contributed by atoms with Gasteiger partial charge in [-0.1, -0.05) is 13.3 Å². The molecule has 2 aromatic rings. The Morgan fingerprint density at radius 1 is 1.45 bits per heavy atom. The van der Waals surface area contributed by atoms with Crippen LogP contribution >= 0.6 is 0 Å². The zero-order valence-corrected chi connectivity index (χ0v) is 12.3. The number of aliphatic hydroxyl groups excluding tert-OH is 1. The molecule has 1 saturated carbocycles. The first kappa shape index (κ1) is 13.4. The van der Waals surface area contributed by atoms with Gasteiger partial charge in [0, 0.05) is 12.2 Å². The molecular formula is C16H23N3O. The fourth-order valence-corrected chi connectivity index (χ4v) is 3.18. The fourth-order valence-electron chi connectivity index (χ4n) is 3.18. The summed E-state index contributed by atoms with van der Waals surface area (Å²) < 4.78 is 2.20. The highest BCUT2D eigenvalue weighted by molar-refractivity contribution is 5.79. The van der Waals surface area contributed by atoms with Gasteiger partial charge in [-0.2, -0.15) is 0 Å². The van der Waals surface area contributed by atoms with E-state index >= 15 is 0 Å². The zero-order chi connectivity index (χ0) is 14.3. The Morgan fingerprint density at radius 3 is 2.80 bits per heavy atom. The van der Waals surface area contributed by atoms with Gasteiger partial charge in [0.25, 0.3) is 0 Å². The predicted octanol–water partition coefficient (Wildman–Crippen LogP) is 3.25. The SMILES string of the molecule is CCCC1(Cn2c(C(C)O)nc3cc(N)ccc32)CC1. The maximum Gasteiger partial charge on any atom is 0.138 e. The molecule has 1 aromatic carbocycles. The molecule has 4 nitrogen and oxygen atoms in total. The molecule has 108 valence electrons. The van der Waals surface area contributed by atoms with E-state index in [-0.39, 0.29) is 0 Å². The number of benzene rings is 1. The Hall–Kier alpha value is -1.55. The van der Waals surface area contributed by atoms with Crippen molar-refractivity contribution in [1.29, 1.82) is 0 Å². The minimum Gasteiger partial charge on any atom is -0.399 e. The maximum absolute atomic E-state index is 10.0. The summed E-state index contributed by atoms with van der Waals surface area (Å²) in [6.07, 6.45) is 4.48. The lowest BCUT2D eigenvalue weighted by atomic mass is 10.0. The number of hydrogen-bond acceptors (Lipinski definition) is 3. The number of nitrogens with two attached hydrogens (primary N) is 1. The highest BCUT2D eigenvalue weighted by Crippen LogP contribution is 2.51. The standard InChI is InChI=1S/C16H23N3O/c1-3-6-16(7-8-16)10-19-14-5-4-12(17)9-13(14)18-15(19)11(2)20/h4-5,9,11,20H,3,6-8,10,17H2,1-2H3. The number of aliphatic hydroxyl groups is 1. The molecule has 0 saturated heterocycles. The Morgan fingerprint density at radius 2 is 2.20 bits per heavy atom. The summed E-state index contributed by atoms with van der Waals surface area (Å²) in [7, 11) is 0. The second kappa shape index (κ2) is 4.77. The normalized spacial score (nSPS) is 18.4. The molecule has 3 rings (SSSR count). The highest BCUT2D eigenvalue weighted by atomic mass is 16.3. The molecule has 20 heavy (non-hydrogen) atoms. The predicted molar refractivity (Wildman–Crippen MR) is 81.4 cm³/mol. The van der Waals surface area contributed by atoms with Crippen LogP contribution < -0.4 is 5.73 Å². The van der Waals surface area contributed by atoms with Crippen molar-refractivity contribution in [2.24, 2.45) is 5.41 Å². The van der Waals surface area contributed by atoms with Gasteiger partial charge in [-0.25, -0.2) is 4.98 Å². The number of rotatable bonds is 5. The van der Waals surface area contributed by atoms with Crippen molar-refractivity contribution < 1.29 is 5.11 Å². The van der Waals surface area contributed by atoms with Gasteiger partial charge in [0.05, 0.1) is 11.0 Å². The minimum atomic E-state index is -0.555. The van der Waals surface area contributed by atoms with E-state index in [0.717, 1.165) is 23.4 Å². The molecule has 1 heterocycles. The summed E-state index contributed by atoms with van der Waals surface area (Å²) in [5.41, 5.74) is 8.94. The number of nitrogens with zero attached hydrogens (tertiary/aromatic N) is 2. The molecule has 1 aliphatic carbocycles. The average Bonchev–Trinajstić information content (AvgIpc) is 3.05. The van der Waals surface area contributed by atoms with Crippen LogP contribution in [0.5, 0.6) is 0 Å². The van der Waals surface area contributed by atoms with Crippen LogP contribution in [0.3, 0.4) is 0 Å². The third-order valence-corrected chi connectivity index (χ3v) is 4.41. The van der Waals surface area contributed by atoms with E-state index in [9.17, 15) is 5.11 Å². The quantitative estimate of drug-likeness (QED) is 0.822. The summed E-state index contributed by atoms with van der Waals surface area (Å²) in [6.45, 7) is 4.98. The zero-order valence-electron chi connectivity index (χ0n) is 12.3. The molecule has 0 amide bonds. The second-order valence-corrected chi connectivity index (χ2v) is 6.23. The molecule has 1 fully saturated rings. The van der Waals surface area contributed by atoms with Crippen molar-refractivity contribution in [2.45, 2.75) is 52.2 Å². The molecule has 0 bridgehead atoms. The topological polar surface area (TPSA) is 64.1 Å². The van der Waals surface area contributed by atoms with Gasteiger partial charge >= 0.3 is 0 Å². The lowest BCUT2D eigenvalue weighted by molar-refractivity contribution is 0.181. The van der Waals surface area contributed by atoms with Gasteiger partial charge in [0.2, 0.25) is 0 Å². The summed E-state index contributed by atoms with van der Waals surface area (Å²) >= 11 is 0. The Bertz CT molecular complexity index is 626. The summed E-state index contributed by atoms with van der Waals surface area (Å²) in [4.78, 5) is 4.58. The molecule has 1 aromatic heterocycles. The van der Waals surface area contributed by atoms with Crippen LogP contribution in [0.4, 0.5) is 5.69 Å². The van der Waals surface area contributed by atoms with Crippen molar-refractivity contribution in [3.8, 4) is 0 Å². The number of fused-ring (bicyclic) bond motifs is 1. The Kier molecular flexibility index (Phi) is 3.21. The van der Waals surface area contributed by atoms with Crippen LogP contribution in [0.2, 0.25) is 0 Å². The molecule has 1 atom stereocenters. The first-order valence-electron chi connectivity index (χ1n) is 7.48. The fraction of sp³-hybridized carbons (Fsp3) is 0.562. The Balaban J connectivity index is 2.05. The van der Waals surface area contributed by atoms with E-state index < -0.39 is 6.10 Å². The number of hydrogen-bond donors (Lipinski definition) is 2. The highest BCUT2D eigenvalue weighted by Gasteiger charge is 2.42. The van der Waals surface area contributed by atoms with E-state index in [4.69, 9.17) is 5.73 Å². The minimum absolute atomic E-state index is 0.424. The first-order chi connectivity index (χ1) is 9.54. The third kappa shape index (κ3) is 2.29. The van der Waals surface area contributed by atoms with E-state index in [2.05, 4.69) is 16.5 Å². The smallest absolute Gasteiger partial charge is 0.138 e. The molecule has 4 heteroatoms. The van der Waals surface area contributed by atoms with Gasteiger partial charge in [-0.05, 0) is 49.8 Å². The second-order valence-electron chi connectivity index (χ2n) is 6.23. The van der Waals surface area contributed by atoms with Crippen LogP contribution in [0.15, 0.2) is 18.2 Å². The van der Waals surface area contributed by atoms with Crippen molar-refractivity contribution in [2.75, 3.05) is 5.73 Å². The molecule has 0 aliphatic heterocycles. The van der Waals surface area contributed by atoms with E-state index in [1.165, 1.54) is 25.7 Å². The summed E-state index contributed by atoms with van der Waals surface area (Å²) in [5.74, 6) is 0.757. The molecule has 0 radical (unpaired) electrons. The molecular weight excluding hydrogens is 250 g/mol. The van der Waals surface area contributed by atoms with Crippen LogP contribution in [-0.2, 0) is 6.54 Å². The monoisotopic (exact) mass is 273 g/mol. The van der Waals surface area contributed by atoms with E-state index in [1.807, 2.05) is 18.2 Å². The number of nitrogen functional groups attached to an aromatic ring is 1. The summed E-state index contributed by atoms with van der Waals surface area (Å²) in [5, 5.41) is 10.0. The van der Waals surface area contributed by atoms with Crippen molar-refractivity contribution in [3.05, 3.63) is 24.0 Å². The van der Waals surface area contributed by atoms with Crippen molar-refractivity contribution in [1.82, 2.24) is 9.55 Å². The van der Waals surface area contributed by atoms with Crippen LogP contribution in [0.25, 0.3) is 11.0 Å². The number of anilines is 1. The van der Waals surface area contributed by atoms with Gasteiger partial charge < -0.3 is 15.4 Å². The largest absolute Gasteiger partial charge is 0.399 e. The van der Waals surface area contributed by atoms with Crippen LogP contribution in [-0.4, -0.2) is 14.7 Å². The average molecular weight is 273 g/mol. The van der Waals surface area contributed by atoms with Gasteiger partial charge in [-0.15, -0.1) is 0 Å². The number of aromatic nitrogens is 2. The van der Waals surface area contributed by atoms with Crippen LogP contribution in [0.1, 0.15) is 51.5 Å². The van der Waals surface area contributed by atoms with E-state index in [0.29, 0.717) is 11.1 Å². The lowest BCUT2D eigenvalue weighted by Crippen LogP contribution is -2.15. The molecule has 1 aliphatic rings. The van der Waals surface area contributed by atoms with Crippen molar-refractivity contribution in [3.63, 3.8) is 0 Å². The van der Waals surface area contributed by atoms with Gasteiger partial charge in [-0.3, -0.25) is 0 Å². The van der Waals surface area contributed by atoms with Gasteiger partial charge in [0.15, 0.2) is 0 Å². The van der Waals surface area contributed by atoms with Crippen molar-refractivity contribution >= 4 is 16.7 Å². The van der Waals surface area contributed by atoms with Gasteiger partial charge in [0.1, 0.15) is 11.9 Å². The third-order valence-electron chi connectivity index (χ3n) is 4.41.